The zero-order chi connectivity index (χ0) is 24.5. The van der Waals surface area contributed by atoms with Crippen LogP contribution >= 0.6 is 0 Å². The minimum atomic E-state index is -0.811. The minimum Gasteiger partial charge on any atom is -0.370 e. The number of nitrogens with two attached hydrogens (primary N) is 3. The van der Waals surface area contributed by atoms with Crippen LogP contribution < -0.4 is 38.5 Å². The first-order valence-electron chi connectivity index (χ1n) is 10.9. The molecule has 2 atom stereocenters. The second kappa shape index (κ2) is 16.9. The summed E-state index contributed by atoms with van der Waals surface area (Å²) in [6.07, 6.45) is 2.78. The third-order valence-corrected chi connectivity index (χ3v) is 4.33. The van der Waals surface area contributed by atoms with Crippen molar-refractivity contribution in [3.63, 3.8) is 0 Å². The van der Waals surface area contributed by atoms with Gasteiger partial charge in [-0.3, -0.25) is 24.2 Å². The summed E-state index contributed by atoms with van der Waals surface area (Å²) < 4.78 is 0. The molecular formula is C20H40N8O4. The SMILES string of the molecule is CC(=O)CNC(=O)C(CCCCN)NC(=O)CNC(=O)C(CCCN=C(N)N)NC(C)C. The average Bonchev–Trinajstić information content (AvgIpc) is 2.71. The van der Waals surface area contributed by atoms with Crippen LogP contribution in [0.25, 0.3) is 0 Å². The number of rotatable bonds is 17. The van der Waals surface area contributed by atoms with Crippen molar-refractivity contribution in [3.8, 4) is 0 Å². The lowest BCUT2D eigenvalue weighted by Crippen LogP contribution is -2.52. The van der Waals surface area contributed by atoms with Crippen LogP contribution in [-0.2, 0) is 19.2 Å². The zero-order valence-electron chi connectivity index (χ0n) is 19.4. The molecule has 0 rings (SSSR count). The molecule has 0 aromatic rings. The Bertz CT molecular complexity index is 635. The van der Waals surface area contributed by atoms with E-state index in [1.54, 1.807) is 0 Å². The van der Waals surface area contributed by atoms with Crippen LogP contribution in [0.5, 0.6) is 0 Å². The molecule has 32 heavy (non-hydrogen) atoms. The predicted molar refractivity (Wildman–Crippen MR) is 124 cm³/mol. The van der Waals surface area contributed by atoms with Gasteiger partial charge in [0.1, 0.15) is 11.8 Å². The number of aliphatic imine (C=N–C) groups is 1. The highest BCUT2D eigenvalue weighted by atomic mass is 16.2. The van der Waals surface area contributed by atoms with Crippen molar-refractivity contribution in [1.82, 2.24) is 21.3 Å². The number of hydrogen-bond acceptors (Lipinski definition) is 7. The molecule has 0 saturated heterocycles. The maximum Gasteiger partial charge on any atom is 0.242 e. The van der Waals surface area contributed by atoms with E-state index < -0.39 is 23.9 Å². The Morgan fingerprint density at radius 2 is 1.47 bits per heavy atom. The van der Waals surface area contributed by atoms with Gasteiger partial charge in [-0.1, -0.05) is 13.8 Å². The first kappa shape index (κ1) is 29.3. The number of ketones is 1. The third-order valence-electron chi connectivity index (χ3n) is 4.33. The van der Waals surface area contributed by atoms with Gasteiger partial charge in [-0.05, 0) is 45.6 Å². The van der Waals surface area contributed by atoms with Crippen LogP contribution in [0.4, 0.5) is 0 Å². The third kappa shape index (κ3) is 15.1. The quantitative estimate of drug-likeness (QED) is 0.0727. The summed E-state index contributed by atoms with van der Waals surface area (Å²) in [6.45, 7) is 5.66. The Hall–Kier alpha value is -2.73. The highest BCUT2D eigenvalue weighted by Gasteiger charge is 2.22. The largest absolute Gasteiger partial charge is 0.370 e. The molecule has 0 aliphatic heterocycles. The highest BCUT2D eigenvalue weighted by molar-refractivity contribution is 5.92. The van der Waals surface area contributed by atoms with E-state index in [-0.39, 0.29) is 36.8 Å². The van der Waals surface area contributed by atoms with Gasteiger partial charge in [-0.2, -0.15) is 0 Å². The number of hydrogen-bond donors (Lipinski definition) is 7. The first-order valence-corrected chi connectivity index (χ1v) is 10.9. The molecule has 0 aromatic heterocycles. The maximum atomic E-state index is 12.5. The summed E-state index contributed by atoms with van der Waals surface area (Å²) in [4.78, 5) is 52.2. The van der Waals surface area contributed by atoms with Crippen molar-refractivity contribution in [2.24, 2.45) is 22.2 Å². The molecule has 0 spiro atoms. The fourth-order valence-electron chi connectivity index (χ4n) is 2.83. The molecule has 184 valence electrons. The monoisotopic (exact) mass is 456 g/mol. The van der Waals surface area contributed by atoms with E-state index in [1.165, 1.54) is 6.92 Å². The topological polar surface area (TPSA) is 207 Å². The molecule has 10 N–H and O–H groups in total. The number of carbonyl (C=O) groups excluding carboxylic acids is 4. The number of nitrogens with one attached hydrogen (secondary N) is 4. The van der Waals surface area contributed by atoms with Crippen LogP contribution in [0.3, 0.4) is 0 Å². The van der Waals surface area contributed by atoms with Crippen LogP contribution in [0.2, 0.25) is 0 Å². The summed E-state index contributed by atoms with van der Waals surface area (Å²) >= 11 is 0. The van der Waals surface area contributed by atoms with Crippen molar-refractivity contribution < 1.29 is 19.2 Å². The van der Waals surface area contributed by atoms with Crippen molar-refractivity contribution in [2.45, 2.75) is 71.0 Å². The Labute approximate surface area is 189 Å². The molecule has 0 heterocycles. The molecule has 3 amide bonds. The van der Waals surface area contributed by atoms with E-state index in [9.17, 15) is 19.2 Å². The van der Waals surface area contributed by atoms with Crippen LogP contribution in [-0.4, -0.2) is 73.8 Å². The summed E-state index contributed by atoms with van der Waals surface area (Å²) in [5.74, 6) is -1.48. The molecular weight excluding hydrogens is 416 g/mol. The van der Waals surface area contributed by atoms with Gasteiger partial charge in [-0.25, -0.2) is 0 Å². The maximum absolute atomic E-state index is 12.5. The summed E-state index contributed by atoms with van der Waals surface area (Å²) in [5, 5.41) is 10.9. The molecule has 0 saturated carbocycles. The van der Waals surface area contributed by atoms with Gasteiger partial charge in [-0.15, -0.1) is 0 Å². The van der Waals surface area contributed by atoms with Gasteiger partial charge < -0.3 is 38.5 Å². The Kier molecular flexibility index (Phi) is 15.5. The Morgan fingerprint density at radius 3 is 2.03 bits per heavy atom. The average molecular weight is 457 g/mol. The van der Waals surface area contributed by atoms with E-state index in [2.05, 4.69) is 26.3 Å². The van der Waals surface area contributed by atoms with Crippen molar-refractivity contribution in [2.75, 3.05) is 26.2 Å². The molecule has 12 heteroatoms. The van der Waals surface area contributed by atoms with Gasteiger partial charge in [0.2, 0.25) is 17.7 Å². The molecule has 0 aliphatic carbocycles. The molecule has 0 fully saturated rings. The molecule has 0 aromatic carbocycles. The molecule has 0 radical (unpaired) electrons. The lowest BCUT2D eigenvalue weighted by molar-refractivity contribution is -0.131. The number of guanidine groups is 1. The fourth-order valence-corrected chi connectivity index (χ4v) is 2.83. The van der Waals surface area contributed by atoms with E-state index in [0.29, 0.717) is 45.2 Å². The number of unbranched alkanes of at least 4 members (excludes halogenated alkanes) is 1. The van der Waals surface area contributed by atoms with E-state index in [1.807, 2.05) is 13.8 Å². The normalized spacial score (nSPS) is 12.5. The van der Waals surface area contributed by atoms with Crippen molar-refractivity contribution >= 4 is 29.5 Å². The first-order chi connectivity index (χ1) is 15.1. The second-order valence-corrected chi connectivity index (χ2v) is 7.86. The van der Waals surface area contributed by atoms with E-state index in [0.717, 1.165) is 0 Å². The smallest absolute Gasteiger partial charge is 0.242 e. The lowest BCUT2D eigenvalue weighted by Gasteiger charge is -2.21. The fraction of sp³-hybridized carbons (Fsp3) is 0.750. The van der Waals surface area contributed by atoms with Crippen LogP contribution in [0.1, 0.15) is 52.9 Å². The van der Waals surface area contributed by atoms with Crippen molar-refractivity contribution in [1.29, 1.82) is 0 Å². The zero-order valence-corrected chi connectivity index (χ0v) is 19.4. The molecule has 0 bridgehead atoms. The van der Waals surface area contributed by atoms with Gasteiger partial charge >= 0.3 is 0 Å². The highest BCUT2D eigenvalue weighted by Crippen LogP contribution is 2.02. The Morgan fingerprint density at radius 1 is 0.875 bits per heavy atom. The lowest BCUT2D eigenvalue weighted by atomic mass is 10.1. The minimum absolute atomic E-state index is 0.00662. The summed E-state index contributed by atoms with van der Waals surface area (Å²) in [7, 11) is 0. The molecule has 2 unspecified atom stereocenters. The van der Waals surface area contributed by atoms with Crippen LogP contribution in [0.15, 0.2) is 4.99 Å². The number of Topliss-reactive ketones (excluding diaryl/α,β-unsaturated/α-hetero) is 1. The Balaban J connectivity index is 4.78. The molecule has 12 nitrogen and oxygen atoms in total. The standard InChI is InChI=1S/C20H40N8O4/c1-13(2)27-15(8-6-10-24-20(22)23)18(31)26-12-17(30)28-16(7-4-5-9-21)19(32)25-11-14(3)29/h13,15-16,27H,4-12,21H2,1-3H3,(H,25,32)(H,26,31)(H,28,30)(H4,22,23,24). The number of nitrogens with zero attached hydrogens (tertiary/aromatic N) is 1. The van der Waals surface area contributed by atoms with Gasteiger partial charge in [0.25, 0.3) is 0 Å². The van der Waals surface area contributed by atoms with E-state index >= 15 is 0 Å². The van der Waals surface area contributed by atoms with Crippen molar-refractivity contribution in [3.05, 3.63) is 0 Å². The van der Waals surface area contributed by atoms with Gasteiger partial charge in [0, 0.05) is 12.6 Å². The predicted octanol–water partition coefficient (Wildman–Crippen LogP) is -2.16. The molecule has 0 aliphatic rings. The number of amides is 3. The number of carbonyl (C=O) groups is 4. The summed E-state index contributed by atoms with van der Waals surface area (Å²) in [6, 6.07) is -1.27. The summed E-state index contributed by atoms with van der Waals surface area (Å²) in [5.41, 5.74) is 16.1. The second-order valence-electron chi connectivity index (χ2n) is 7.86. The van der Waals surface area contributed by atoms with Gasteiger partial charge in [0.05, 0.1) is 19.1 Å². The van der Waals surface area contributed by atoms with E-state index in [4.69, 9.17) is 17.2 Å². The van der Waals surface area contributed by atoms with Crippen LogP contribution in [0, 0.1) is 0 Å². The van der Waals surface area contributed by atoms with Gasteiger partial charge in [0.15, 0.2) is 5.96 Å².